The molecular formula is C43H77N8O18P. The molecule has 402 valence electrons. The van der Waals surface area contributed by atoms with Gasteiger partial charge in [0.05, 0.1) is 125 Å². The molecule has 27 heteroatoms. The van der Waals surface area contributed by atoms with E-state index in [1.807, 2.05) is 13.8 Å². The van der Waals surface area contributed by atoms with Crippen molar-refractivity contribution in [3.8, 4) is 0 Å². The maximum Gasteiger partial charge on any atom is 0.325 e. The van der Waals surface area contributed by atoms with Gasteiger partial charge in [0.15, 0.2) is 0 Å². The molecule has 0 aliphatic carbocycles. The van der Waals surface area contributed by atoms with E-state index in [2.05, 4.69) is 31.2 Å². The lowest BCUT2D eigenvalue weighted by atomic mass is 10.0. The van der Waals surface area contributed by atoms with Crippen LogP contribution in [0.2, 0.25) is 0 Å². The van der Waals surface area contributed by atoms with Crippen molar-refractivity contribution in [3.63, 3.8) is 0 Å². The van der Waals surface area contributed by atoms with E-state index in [1.165, 1.54) is 24.3 Å². The van der Waals surface area contributed by atoms with E-state index < -0.39 is 86.0 Å². The third-order valence-corrected chi connectivity index (χ3v) is 11.5. The number of aliphatic hydroxyl groups is 1. The normalized spacial score (nSPS) is 16.1. The van der Waals surface area contributed by atoms with Gasteiger partial charge in [0, 0.05) is 32.0 Å². The minimum absolute atomic E-state index is 0.0135. The van der Waals surface area contributed by atoms with Gasteiger partial charge in [0.2, 0.25) is 35.4 Å². The lowest BCUT2D eigenvalue weighted by Gasteiger charge is -2.29. The van der Waals surface area contributed by atoms with Crippen LogP contribution in [0.1, 0.15) is 52.1 Å². The molecule has 70 heavy (non-hydrogen) atoms. The Labute approximate surface area is 408 Å². The molecule has 1 saturated heterocycles. The second-order valence-electron chi connectivity index (χ2n) is 16.8. The third-order valence-electron chi connectivity index (χ3n) is 10.5. The minimum Gasteiger partial charge on any atom is -0.394 e. The van der Waals surface area contributed by atoms with Gasteiger partial charge in [0.25, 0.3) is 0 Å². The molecule has 1 aromatic heterocycles. The molecule has 2 rings (SSSR count). The first-order valence-corrected chi connectivity index (χ1v) is 25.2. The molecule has 0 saturated carbocycles. The predicted molar refractivity (Wildman–Crippen MR) is 249 cm³/mol. The standard InChI is InChI=1S/C43H77N8O18P/c1-30(2)24-33(40(55)47-34(25-32-26-45-29-46-32)41(56)49-35(27-52)42(57)50-38(39(44)54)31(3)28-70(59,60)61)48-43(58)36-6-5-8-51(36)37(53)7-9-63-12-13-65-16-17-67-20-21-69-23-22-68-19-18-66-15-14-64-11-10-62-4/h26,29-31,33-36,38,52H,5-25,27-28H2,1-4H3,(H2,44,54)(H,45,46)(H,47,55)(H,48,58)(H,49,56)(H,50,57)(H2,59,60,61). The summed E-state index contributed by atoms with van der Waals surface area (Å²) < 4.78 is 54.7. The number of H-pyrrole nitrogens is 1. The first kappa shape index (κ1) is 61.9. The monoisotopic (exact) mass is 1020 g/mol. The van der Waals surface area contributed by atoms with Gasteiger partial charge in [-0.05, 0) is 31.1 Å². The summed E-state index contributed by atoms with van der Waals surface area (Å²) in [6.07, 6.45) is 2.87. The molecule has 0 aromatic carbocycles. The van der Waals surface area contributed by atoms with Gasteiger partial charge in [-0.3, -0.25) is 33.3 Å². The fourth-order valence-electron chi connectivity index (χ4n) is 6.97. The van der Waals surface area contributed by atoms with Crippen LogP contribution in [-0.2, 0) is 77.6 Å². The van der Waals surface area contributed by atoms with Crippen LogP contribution in [0.4, 0.5) is 0 Å². The van der Waals surface area contributed by atoms with Gasteiger partial charge in [-0.2, -0.15) is 0 Å². The van der Waals surface area contributed by atoms with Crippen LogP contribution in [0, 0.1) is 11.8 Å². The number of aromatic amines is 1. The number of hydrogen-bond donors (Lipinski definition) is 9. The maximum absolute atomic E-state index is 13.9. The summed E-state index contributed by atoms with van der Waals surface area (Å²) in [6.45, 7) is 10.4. The van der Waals surface area contributed by atoms with Gasteiger partial charge in [-0.1, -0.05) is 20.8 Å². The second-order valence-corrected chi connectivity index (χ2v) is 18.5. The Hall–Kier alpha value is -4.18. The zero-order valence-corrected chi connectivity index (χ0v) is 41.7. The molecule has 1 aliphatic heterocycles. The molecule has 6 unspecified atom stereocenters. The van der Waals surface area contributed by atoms with Crippen LogP contribution in [0.3, 0.4) is 0 Å². The Balaban J connectivity index is 1.79. The molecule has 1 aliphatic rings. The number of nitrogens with one attached hydrogen (secondary N) is 5. The number of rotatable bonds is 41. The number of aromatic nitrogens is 2. The van der Waals surface area contributed by atoms with E-state index in [1.54, 1.807) is 7.11 Å². The molecule has 0 bridgehead atoms. The zero-order chi connectivity index (χ0) is 51.7. The SMILES string of the molecule is COCCOCCOCCOCCOCCOCCOCCOCCC(=O)N1CCCC1C(=O)NC(CC(C)C)C(=O)NC(Cc1cnc[nH]1)C(=O)NC(CO)C(=O)NC(C(N)=O)C(C)CP(=O)(O)O. The summed E-state index contributed by atoms with van der Waals surface area (Å²) in [7, 11) is -3.00. The number of nitrogens with zero attached hydrogens (tertiary/aromatic N) is 2. The highest BCUT2D eigenvalue weighted by Gasteiger charge is 2.38. The van der Waals surface area contributed by atoms with Crippen molar-refractivity contribution in [2.45, 2.75) is 83.1 Å². The van der Waals surface area contributed by atoms with Crippen molar-refractivity contribution in [3.05, 3.63) is 18.2 Å². The highest BCUT2D eigenvalue weighted by molar-refractivity contribution is 7.51. The second kappa shape index (κ2) is 35.8. The Kier molecular flexibility index (Phi) is 31.7. The largest absolute Gasteiger partial charge is 0.394 e. The molecular weight excluding hydrogens is 947 g/mol. The number of hydrogen-bond acceptors (Lipinski definition) is 17. The molecule has 26 nitrogen and oxygen atoms in total. The number of ether oxygens (including phenoxy) is 8. The first-order chi connectivity index (χ1) is 33.5. The quantitative estimate of drug-likeness (QED) is 0.0239. The van der Waals surface area contributed by atoms with Crippen molar-refractivity contribution in [2.75, 3.05) is 126 Å². The average molecular weight is 1030 g/mol. The molecule has 2 heterocycles. The van der Waals surface area contributed by atoms with E-state index in [-0.39, 0.29) is 50.9 Å². The Bertz CT molecular complexity index is 1710. The summed E-state index contributed by atoms with van der Waals surface area (Å²) in [5.74, 6) is -5.97. The fourth-order valence-corrected chi connectivity index (χ4v) is 7.93. The fraction of sp³-hybridized carbons (Fsp3) is 0.791. The highest BCUT2D eigenvalue weighted by atomic mass is 31.2. The number of methoxy groups -OCH3 is 1. The number of carbonyl (C=O) groups excluding carboxylic acids is 6. The summed E-state index contributed by atoms with van der Waals surface area (Å²) in [5, 5.41) is 20.0. The van der Waals surface area contributed by atoms with Crippen molar-refractivity contribution in [1.29, 1.82) is 0 Å². The Morgan fingerprint density at radius 3 is 1.69 bits per heavy atom. The predicted octanol–water partition coefficient (Wildman–Crippen LogP) is -2.63. The first-order valence-electron chi connectivity index (χ1n) is 23.4. The number of amides is 6. The summed E-state index contributed by atoms with van der Waals surface area (Å²) in [6, 6.07) is -6.66. The van der Waals surface area contributed by atoms with Gasteiger partial charge in [0.1, 0.15) is 30.2 Å². The summed E-state index contributed by atoms with van der Waals surface area (Å²) in [4.78, 5) is 107. The topological polar surface area (TPSA) is 360 Å². The number of carbonyl (C=O) groups is 6. The zero-order valence-electron chi connectivity index (χ0n) is 40.8. The number of primary amides is 1. The summed E-state index contributed by atoms with van der Waals surface area (Å²) >= 11 is 0. The third kappa shape index (κ3) is 26.9. The number of likely N-dealkylation sites (tertiary alicyclic amines) is 1. The molecule has 0 radical (unpaired) electrons. The highest BCUT2D eigenvalue weighted by Crippen LogP contribution is 2.37. The van der Waals surface area contributed by atoms with E-state index in [9.17, 15) is 48.2 Å². The molecule has 0 spiro atoms. The molecule has 6 atom stereocenters. The van der Waals surface area contributed by atoms with E-state index >= 15 is 0 Å². The minimum atomic E-state index is -4.61. The van der Waals surface area contributed by atoms with Gasteiger partial charge < -0.3 is 89.7 Å². The van der Waals surface area contributed by atoms with Gasteiger partial charge in [-0.15, -0.1) is 0 Å². The average Bonchev–Trinajstić information content (AvgIpc) is 4.02. The molecule has 1 aromatic rings. The molecule has 10 N–H and O–H groups in total. The van der Waals surface area contributed by atoms with Crippen LogP contribution >= 0.6 is 7.60 Å². The Morgan fingerprint density at radius 2 is 1.23 bits per heavy atom. The van der Waals surface area contributed by atoms with Crippen molar-refractivity contribution < 1.29 is 86.1 Å². The lowest BCUT2D eigenvalue weighted by molar-refractivity contribution is -0.140. The van der Waals surface area contributed by atoms with Crippen LogP contribution < -0.4 is 27.0 Å². The van der Waals surface area contributed by atoms with Crippen molar-refractivity contribution in [1.82, 2.24) is 36.1 Å². The molecule has 1 fully saturated rings. The van der Waals surface area contributed by atoms with Crippen LogP contribution in [-0.4, -0.2) is 221 Å². The van der Waals surface area contributed by atoms with Gasteiger partial charge >= 0.3 is 7.60 Å². The van der Waals surface area contributed by atoms with Crippen molar-refractivity contribution >= 4 is 43.0 Å². The van der Waals surface area contributed by atoms with E-state index in [0.29, 0.717) is 104 Å². The van der Waals surface area contributed by atoms with Crippen LogP contribution in [0.15, 0.2) is 12.5 Å². The molecule has 6 amide bonds. The van der Waals surface area contributed by atoms with Crippen LogP contribution in [0.25, 0.3) is 0 Å². The maximum atomic E-state index is 13.9. The van der Waals surface area contributed by atoms with E-state index in [0.717, 1.165) is 0 Å². The summed E-state index contributed by atoms with van der Waals surface area (Å²) in [5.41, 5.74) is 5.79. The number of nitrogens with two attached hydrogens (primary N) is 1. The number of aliphatic hydroxyl groups excluding tert-OH is 1. The van der Waals surface area contributed by atoms with Crippen molar-refractivity contribution in [2.24, 2.45) is 17.6 Å². The van der Waals surface area contributed by atoms with Gasteiger partial charge in [-0.25, -0.2) is 4.98 Å². The number of imidazole rings is 1. The smallest absolute Gasteiger partial charge is 0.325 e. The van der Waals surface area contributed by atoms with Crippen LogP contribution in [0.5, 0.6) is 0 Å². The Morgan fingerprint density at radius 1 is 0.743 bits per heavy atom. The lowest BCUT2D eigenvalue weighted by Crippen LogP contribution is -2.60. The van der Waals surface area contributed by atoms with E-state index in [4.69, 9.17) is 43.6 Å².